The standard InChI is InChI=1S/C14H11FN2O4/c1-16(10-3-2-4-11(18)8-10)14(19)9-5-6-12(15)13(7-9)17(20)21/h2-8,18H,1H3. The van der Waals surface area contributed by atoms with Gasteiger partial charge in [0.1, 0.15) is 5.75 Å². The summed E-state index contributed by atoms with van der Waals surface area (Å²) in [6, 6.07) is 8.90. The van der Waals surface area contributed by atoms with E-state index in [1.165, 1.54) is 30.1 Å². The second-order valence-corrected chi connectivity index (χ2v) is 4.31. The molecule has 0 aliphatic carbocycles. The van der Waals surface area contributed by atoms with E-state index in [0.717, 1.165) is 12.1 Å². The molecule has 1 amide bonds. The molecule has 0 fully saturated rings. The second-order valence-electron chi connectivity index (χ2n) is 4.31. The molecule has 0 aliphatic rings. The van der Waals surface area contributed by atoms with E-state index in [1.54, 1.807) is 12.1 Å². The summed E-state index contributed by atoms with van der Waals surface area (Å²) in [5.74, 6) is -1.57. The molecule has 6 nitrogen and oxygen atoms in total. The summed E-state index contributed by atoms with van der Waals surface area (Å²) in [5.41, 5.74) is -0.369. The number of nitrogens with zero attached hydrogens (tertiary/aromatic N) is 2. The lowest BCUT2D eigenvalue weighted by atomic mass is 10.1. The number of amides is 1. The molecule has 0 bridgehead atoms. The third-order valence-corrected chi connectivity index (χ3v) is 2.91. The molecule has 0 unspecified atom stereocenters. The summed E-state index contributed by atoms with van der Waals surface area (Å²) in [4.78, 5) is 23.2. The maximum atomic E-state index is 13.3. The van der Waals surface area contributed by atoms with Crippen molar-refractivity contribution in [3.05, 3.63) is 64.0 Å². The minimum Gasteiger partial charge on any atom is -0.508 e. The number of hydrogen-bond donors (Lipinski definition) is 1. The fraction of sp³-hybridized carbons (Fsp3) is 0.0714. The van der Waals surface area contributed by atoms with Crippen molar-refractivity contribution < 1.29 is 19.2 Å². The Morgan fingerprint density at radius 1 is 1.29 bits per heavy atom. The zero-order chi connectivity index (χ0) is 15.6. The molecule has 1 N–H and O–H groups in total. The van der Waals surface area contributed by atoms with Gasteiger partial charge < -0.3 is 10.0 Å². The zero-order valence-electron chi connectivity index (χ0n) is 11.0. The first-order valence-corrected chi connectivity index (χ1v) is 5.91. The van der Waals surface area contributed by atoms with Crippen molar-refractivity contribution >= 4 is 17.3 Å². The van der Waals surface area contributed by atoms with Crippen molar-refractivity contribution in [1.82, 2.24) is 0 Å². The second kappa shape index (κ2) is 5.58. The minimum absolute atomic E-state index is 0.0164. The third kappa shape index (κ3) is 2.97. The molecule has 21 heavy (non-hydrogen) atoms. The van der Waals surface area contributed by atoms with Gasteiger partial charge in [-0.1, -0.05) is 6.07 Å². The van der Waals surface area contributed by atoms with E-state index < -0.39 is 22.3 Å². The molecule has 2 aromatic rings. The van der Waals surface area contributed by atoms with Crippen molar-refractivity contribution in [3.8, 4) is 5.75 Å². The van der Waals surface area contributed by atoms with E-state index in [2.05, 4.69) is 0 Å². The van der Waals surface area contributed by atoms with Gasteiger partial charge in [0.25, 0.3) is 5.91 Å². The molecular weight excluding hydrogens is 279 g/mol. The Bertz CT molecular complexity index is 718. The van der Waals surface area contributed by atoms with Crippen LogP contribution in [0.1, 0.15) is 10.4 Å². The maximum absolute atomic E-state index is 13.3. The van der Waals surface area contributed by atoms with Crippen LogP contribution in [0.3, 0.4) is 0 Å². The Balaban J connectivity index is 2.36. The molecule has 0 saturated carbocycles. The van der Waals surface area contributed by atoms with Gasteiger partial charge in [-0.3, -0.25) is 14.9 Å². The summed E-state index contributed by atoms with van der Waals surface area (Å²) in [6.07, 6.45) is 0. The smallest absolute Gasteiger partial charge is 0.305 e. The van der Waals surface area contributed by atoms with Crippen LogP contribution in [-0.2, 0) is 0 Å². The lowest BCUT2D eigenvalue weighted by Crippen LogP contribution is -2.26. The lowest BCUT2D eigenvalue weighted by molar-refractivity contribution is -0.387. The number of rotatable bonds is 3. The number of nitro benzene ring substituents is 1. The van der Waals surface area contributed by atoms with Crippen LogP contribution >= 0.6 is 0 Å². The number of phenolic OH excluding ortho intramolecular Hbond substituents is 1. The number of benzene rings is 2. The van der Waals surface area contributed by atoms with Crippen LogP contribution in [-0.4, -0.2) is 23.0 Å². The summed E-state index contributed by atoms with van der Waals surface area (Å²) >= 11 is 0. The maximum Gasteiger partial charge on any atom is 0.305 e. The fourth-order valence-corrected chi connectivity index (χ4v) is 1.80. The number of carbonyl (C=O) groups excluding carboxylic acids is 1. The minimum atomic E-state index is -1.00. The average Bonchev–Trinajstić information content (AvgIpc) is 2.46. The Morgan fingerprint density at radius 2 is 2.00 bits per heavy atom. The first-order valence-electron chi connectivity index (χ1n) is 5.91. The summed E-state index contributed by atoms with van der Waals surface area (Å²) in [7, 11) is 1.45. The Kier molecular flexibility index (Phi) is 3.84. The number of aromatic hydroxyl groups is 1. The Hall–Kier alpha value is -2.96. The molecule has 0 aromatic heterocycles. The number of halogens is 1. The van der Waals surface area contributed by atoms with Crippen LogP contribution in [0.5, 0.6) is 5.75 Å². The highest BCUT2D eigenvalue weighted by Gasteiger charge is 2.20. The first kappa shape index (κ1) is 14.4. The van der Waals surface area contributed by atoms with Crippen LogP contribution < -0.4 is 4.90 Å². The number of hydrogen-bond acceptors (Lipinski definition) is 4. The highest BCUT2D eigenvalue weighted by atomic mass is 19.1. The molecule has 0 aliphatic heterocycles. The largest absolute Gasteiger partial charge is 0.508 e. The molecule has 0 spiro atoms. The highest BCUT2D eigenvalue weighted by Crippen LogP contribution is 2.23. The van der Waals surface area contributed by atoms with E-state index in [4.69, 9.17) is 0 Å². The number of phenols is 1. The monoisotopic (exact) mass is 290 g/mol. The van der Waals surface area contributed by atoms with E-state index in [9.17, 15) is 24.4 Å². The van der Waals surface area contributed by atoms with Gasteiger partial charge in [-0.2, -0.15) is 4.39 Å². The molecule has 2 aromatic carbocycles. The van der Waals surface area contributed by atoms with Crippen LogP contribution in [0.2, 0.25) is 0 Å². The molecule has 0 atom stereocenters. The number of carbonyl (C=O) groups is 1. The first-order chi connectivity index (χ1) is 9.90. The van der Waals surface area contributed by atoms with Gasteiger partial charge >= 0.3 is 5.69 Å². The van der Waals surface area contributed by atoms with Gasteiger partial charge in [-0.15, -0.1) is 0 Å². The van der Waals surface area contributed by atoms with Gasteiger partial charge in [-0.05, 0) is 24.3 Å². The predicted molar refractivity (Wildman–Crippen MR) is 73.9 cm³/mol. The molecule has 7 heteroatoms. The van der Waals surface area contributed by atoms with E-state index in [0.29, 0.717) is 5.69 Å². The molecular formula is C14H11FN2O4. The van der Waals surface area contributed by atoms with Crippen molar-refractivity contribution in [3.63, 3.8) is 0 Å². The molecule has 2 rings (SSSR count). The van der Waals surface area contributed by atoms with Crippen molar-refractivity contribution in [1.29, 1.82) is 0 Å². The average molecular weight is 290 g/mol. The Morgan fingerprint density at radius 3 is 2.62 bits per heavy atom. The van der Waals surface area contributed by atoms with Crippen LogP contribution in [0.15, 0.2) is 42.5 Å². The van der Waals surface area contributed by atoms with Crippen molar-refractivity contribution in [2.24, 2.45) is 0 Å². The highest BCUT2D eigenvalue weighted by molar-refractivity contribution is 6.06. The van der Waals surface area contributed by atoms with Crippen LogP contribution in [0, 0.1) is 15.9 Å². The quantitative estimate of drug-likeness (QED) is 0.695. The normalized spacial score (nSPS) is 10.2. The van der Waals surface area contributed by atoms with Crippen molar-refractivity contribution in [2.45, 2.75) is 0 Å². The topological polar surface area (TPSA) is 83.7 Å². The summed E-state index contributed by atoms with van der Waals surface area (Å²) < 4.78 is 13.3. The van der Waals surface area contributed by atoms with Crippen LogP contribution in [0.25, 0.3) is 0 Å². The fourth-order valence-electron chi connectivity index (χ4n) is 1.80. The number of anilines is 1. The molecule has 0 saturated heterocycles. The Labute approximate surface area is 119 Å². The molecule has 0 radical (unpaired) electrons. The van der Waals surface area contributed by atoms with E-state index in [1.807, 2.05) is 0 Å². The van der Waals surface area contributed by atoms with E-state index in [-0.39, 0.29) is 11.3 Å². The number of nitro groups is 1. The predicted octanol–water partition coefficient (Wildman–Crippen LogP) is 2.72. The van der Waals surface area contributed by atoms with Crippen molar-refractivity contribution in [2.75, 3.05) is 11.9 Å². The van der Waals surface area contributed by atoms with Gasteiger partial charge in [0.05, 0.1) is 4.92 Å². The van der Waals surface area contributed by atoms with Gasteiger partial charge in [0.15, 0.2) is 0 Å². The summed E-state index contributed by atoms with van der Waals surface area (Å²) in [5, 5.41) is 20.1. The lowest BCUT2D eigenvalue weighted by Gasteiger charge is -2.17. The van der Waals surface area contributed by atoms with Crippen LogP contribution in [0.4, 0.5) is 15.8 Å². The van der Waals surface area contributed by atoms with Gasteiger partial charge in [0, 0.05) is 30.4 Å². The SMILES string of the molecule is CN(C(=O)c1ccc(F)c([N+](=O)[O-])c1)c1cccc(O)c1. The molecule has 0 heterocycles. The zero-order valence-corrected chi connectivity index (χ0v) is 11.0. The summed E-state index contributed by atoms with van der Waals surface area (Å²) in [6.45, 7) is 0. The van der Waals surface area contributed by atoms with E-state index >= 15 is 0 Å². The molecule has 108 valence electrons. The van der Waals surface area contributed by atoms with Gasteiger partial charge in [0.2, 0.25) is 5.82 Å². The third-order valence-electron chi connectivity index (χ3n) is 2.91. The van der Waals surface area contributed by atoms with Gasteiger partial charge in [-0.25, -0.2) is 0 Å².